The van der Waals surface area contributed by atoms with Crippen LogP contribution in [0, 0.1) is 0 Å². The van der Waals surface area contributed by atoms with Gasteiger partial charge in [-0.2, -0.15) is 0 Å². The van der Waals surface area contributed by atoms with Crippen LogP contribution in [0.1, 0.15) is 11.7 Å². The number of benzene rings is 1. The first-order valence-corrected chi connectivity index (χ1v) is 3.94. The third-order valence-corrected chi connectivity index (χ3v) is 2.10. The fourth-order valence-electron chi connectivity index (χ4n) is 1.35. The average molecular weight is 164 g/mol. The summed E-state index contributed by atoms with van der Waals surface area (Å²) in [6.07, 6.45) is 0.291. The maximum atomic E-state index is 5.24. The van der Waals surface area contributed by atoms with Gasteiger partial charge in [-0.05, 0) is 17.7 Å². The lowest BCUT2D eigenvalue weighted by atomic mass is 10.1. The molecule has 0 bridgehead atoms. The Hall–Kier alpha value is -1.22. The van der Waals surface area contributed by atoms with Gasteiger partial charge in [0, 0.05) is 0 Å². The first kappa shape index (κ1) is 6.31. The molecule has 3 heteroatoms. The van der Waals surface area contributed by atoms with Gasteiger partial charge in [0.05, 0.1) is 6.61 Å². The van der Waals surface area contributed by atoms with Gasteiger partial charge in [0.2, 0.25) is 6.79 Å². The first-order valence-electron chi connectivity index (χ1n) is 3.94. The van der Waals surface area contributed by atoms with Gasteiger partial charge in [-0.25, -0.2) is 0 Å². The normalized spacial score (nSPS) is 24.2. The zero-order valence-corrected chi connectivity index (χ0v) is 6.45. The smallest absolute Gasteiger partial charge is 0.231 e. The van der Waals surface area contributed by atoms with Gasteiger partial charge in [0.15, 0.2) is 11.5 Å². The van der Waals surface area contributed by atoms with Gasteiger partial charge in [0.1, 0.15) is 6.10 Å². The minimum Gasteiger partial charge on any atom is -0.454 e. The molecule has 0 N–H and O–H groups in total. The molecule has 0 aromatic heterocycles. The molecule has 3 nitrogen and oxygen atoms in total. The van der Waals surface area contributed by atoms with Crippen LogP contribution < -0.4 is 9.47 Å². The highest BCUT2D eigenvalue weighted by Crippen LogP contribution is 2.38. The average Bonchev–Trinajstić information content (AvgIpc) is 2.84. The lowest BCUT2D eigenvalue weighted by molar-refractivity contribution is 0.174. The molecule has 1 saturated heterocycles. The molecule has 1 fully saturated rings. The standard InChI is InChI=1S/C9H8O3/c1-2-7-8(12-5-11-7)3-6(1)9-4-10-9/h1-3,9H,4-5H2/t9-/m1/s1. The fourth-order valence-corrected chi connectivity index (χ4v) is 1.35. The molecule has 2 aliphatic heterocycles. The molecule has 0 amide bonds. The zero-order valence-electron chi connectivity index (χ0n) is 6.45. The van der Waals surface area contributed by atoms with Crippen molar-refractivity contribution in [2.75, 3.05) is 13.4 Å². The van der Waals surface area contributed by atoms with E-state index in [1.807, 2.05) is 18.2 Å². The highest BCUT2D eigenvalue weighted by Gasteiger charge is 2.26. The zero-order chi connectivity index (χ0) is 7.97. The van der Waals surface area contributed by atoms with Gasteiger partial charge in [-0.15, -0.1) is 0 Å². The number of epoxide rings is 1. The van der Waals surface area contributed by atoms with Gasteiger partial charge in [-0.1, -0.05) is 6.07 Å². The van der Waals surface area contributed by atoms with Crippen LogP contribution in [0.2, 0.25) is 0 Å². The van der Waals surface area contributed by atoms with E-state index in [1.165, 1.54) is 5.56 Å². The van der Waals surface area contributed by atoms with Crippen LogP contribution in [-0.4, -0.2) is 13.4 Å². The summed E-state index contributed by atoms with van der Waals surface area (Å²) in [7, 11) is 0. The predicted molar refractivity (Wildman–Crippen MR) is 41.3 cm³/mol. The second kappa shape index (κ2) is 2.14. The van der Waals surface area contributed by atoms with Crippen LogP contribution >= 0.6 is 0 Å². The Morgan fingerprint density at radius 1 is 1.17 bits per heavy atom. The lowest BCUT2D eigenvalue weighted by Crippen LogP contribution is -1.92. The van der Waals surface area contributed by atoms with Crippen molar-refractivity contribution in [1.82, 2.24) is 0 Å². The van der Waals surface area contributed by atoms with E-state index in [2.05, 4.69) is 0 Å². The summed E-state index contributed by atoms with van der Waals surface area (Å²) in [5.41, 5.74) is 1.18. The summed E-state index contributed by atoms with van der Waals surface area (Å²) in [6, 6.07) is 5.94. The van der Waals surface area contributed by atoms with Crippen LogP contribution in [0.15, 0.2) is 18.2 Å². The Kier molecular flexibility index (Phi) is 1.12. The summed E-state index contributed by atoms with van der Waals surface area (Å²) in [4.78, 5) is 0. The fraction of sp³-hybridized carbons (Fsp3) is 0.333. The molecule has 0 spiro atoms. The van der Waals surface area contributed by atoms with Crippen LogP contribution in [0.25, 0.3) is 0 Å². The molecule has 1 aromatic carbocycles. The molecule has 0 saturated carbocycles. The van der Waals surface area contributed by atoms with Crippen molar-refractivity contribution in [2.45, 2.75) is 6.10 Å². The summed E-state index contributed by atoms with van der Waals surface area (Å²) in [6.45, 7) is 1.17. The molecule has 2 heterocycles. The Morgan fingerprint density at radius 2 is 2.00 bits per heavy atom. The molecule has 0 radical (unpaired) electrons. The minimum absolute atomic E-state index is 0.291. The monoisotopic (exact) mass is 164 g/mol. The van der Waals surface area contributed by atoms with Gasteiger partial charge >= 0.3 is 0 Å². The number of hydrogen-bond donors (Lipinski definition) is 0. The Balaban J connectivity index is 2.03. The van der Waals surface area contributed by atoms with Crippen LogP contribution in [0.5, 0.6) is 11.5 Å². The van der Waals surface area contributed by atoms with E-state index < -0.39 is 0 Å². The van der Waals surface area contributed by atoms with Crippen molar-refractivity contribution < 1.29 is 14.2 Å². The van der Waals surface area contributed by atoms with E-state index in [0.29, 0.717) is 12.9 Å². The molecular weight excluding hydrogens is 156 g/mol. The molecule has 0 aliphatic carbocycles. The highest BCUT2D eigenvalue weighted by atomic mass is 16.7. The highest BCUT2D eigenvalue weighted by molar-refractivity contribution is 5.45. The van der Waals surface area contributed by atoms with E-state index in [0.717, 1.165) is 18.1 Å². The van der Waals surface area contributed by atoms with E-state index in [4.69, 9.17) is 14.2 Å². The van der Waals surface area contributed by atoms with Crippen molar-refractivity contribution in [3.8, 4) is 11.5 Å². The Morgan fingerprint density at radius 3 is 2.83 bits per heavy atom. The number of hydrogen-bond acceptors (Lipinski definition) is 3. The van der Waals surface area contributed by atoms with Crippen molar-refractivity contribution >= 4 is 0 Å². The van der Waals surface area contributed by atoms with Gasteiger partial charge in [-0.3, -0.25) is 0 Å². The van der Waals surface area contributed by atoms with Crippen LogP contribution in [0.3, 0.4) is 0 Å². The van der Waals surface area contributed by atoms with E-state index in [-0.39, 0.29) is 0 Å². The van der Waals surface area contributed by atoms with Crippen molar-refractivity contribution in [1.29, 1.82) is 0 Å². The van der Waals surface area contributed by atoms with Crippen molar-refractivity contribution in [3.63, 3.8) is 0 Å². The molecule has 12 heavy (non-hydrogen) atoms. The quantitative estimate of drug-likeness (QED) is 0.589. The summed E-state index contributed by atoms with van der Waals surface area (Å²) < 4.78 is 15.6. The van der Waals surface area contributed by atoms with E-state index >= 15 is 0 Å². The SMILES string of the molecule is c1cc2c(cc1[C@H]1CO1)OCO2. The van der Waals surface area contributed by atoms with Gasteiger partial charge < -0.3 is 14.2 Å². The molecular formula is C9H8O3. The third-order valence-electron chi connectivity index (χ3n) is 2.10. The summed E-state index contributed by atoms with van der Waals surface area (Å²) >= 11 is 0. The van der Waals surface area contributed by atoms with E-state index in [1.54, 1.807) is 0 Å². The van der Waals surface area contributed by atoms with Crippen molar-refractivity contribution in [3.05, 3.63) is 23.8 Å². The second-order valence-electron chi connectivity index (χ2n) is 2.93. The maximum Gasteiger partial charge on any atom is 0.231 e. The van der Waals surface area contributed by atoms with Crippen molar-refractivity contribution in [2.24, 2.45) is 0 Å². The molecule has 1 atom stereocenters. The first-order chi connectivity index (χ1) is 5.93. The Labute approximate surface area is 69.9 Å². The second-order valence-corrected chi connectivity index (χ2v) is 2.93. The molecule has 3 rings (SSSR count). The number of ether oxygens (including phenoxy) is 3. The van der Waals surface area contributed by atoms with Crippen LogP contribution in [0.4, 0.5) is 0 Å². The van der Waals surface area contributed by atoms with Crippen LogP contribution in [-0.2, 0) is 4.74 Å². The maximum absolute atomic E-state index is 5.24. The molecule has 1 aromatic rings. The Bertz CT molecular complexity index is 318. The largest absolute Gasteiger partial charge is 0.454 e. The molecule has 2 aliphatic rings. The van der Waals surface area contributed by atoms with Gasteiger partial charge in [0.25, 0.3) is 0 Å². The van der Waals surface area contributed by atoms with E-state index in [9.17, 15) is 0 Å². The third kappa shape index (κ3) is 0.865. The predicted octanol–water partition coefficient (Wildman–Crippen LogP) is 1.49. The summed E-state index contributed by atoms with van der Waals surface area (Å²) in [5.74, 6) is 1.67. The minimum atomic E-state index is 0.291. The summed E-state index contributed by atoms with van der Waals surface area (Å²) in [5, 5.41) is 0. The molecule has 0 unspecified atom stereocenters. The lowest BCUT2D eigenvalue weighted by Gasteiger charge is -1.97. The number of rotatable bonds is 1. The number of fused-ring (bicyclic) bond motifs is 1. The molecule has 62 valence electrons. The topological polar surface area (TPSA) is 31.0 Å².